The maximum Gasteiger partial charge on any atom is 0.325 e. The number of ether oxygens (including phenoxy) is 1. The summed E-state index contributed by atoms with van der Waals surface area (Å²) in [5, 5.41) is 6.24. The van der Waals surface area contributed by atoms with Gasteiger partial charge in [-0.2, -0.15) is 0 Å². The molecule has 0 spiro atoms. The van der Waals surface area contributed by atoms with Gasteiger partial charge in [0.25, 0.3) is 5.91 Å². The van der Waals surface area contributed by atoms with Crippen molar-refractivity contribution in [3.63, 3.8) is 0 Å². The van der Waals surface area contributed by atoms with Gasteiger partial charge >= 0.3 is 5.97 Å². The highest BCUT2D eigenvalue weighted by Crippen LogP contribution is 2.27. The Bertz CT molecular complexity index is 740. The largest absolute Gasteiger partial charge is 0.459 e. The van der Waals surface area contributed by atoms with E-state index >= 15 is 0 Å². The molecule has 1 fully saturated rings. The average molecular weight is 405 g/mol. The molecule has 1 aromatic rings. The SMILES string of the molecule is CCC1CN(c2ccc(N)c(C(=O)NCC(=O)OC(C)(C)C)c2)CC(C)(C)CN1. The van der Waals surface area contributed by atoms with E-state index in [2.05, 4.69) is 36.3 Å². The number of esters is 1. The van der Waals surface area contributed by atoms with E-state index in [1.807, 2.05) is 12.1 Å². The van der Waals surface area contributed by atoms with Crippen molar-refractivity contribution in [1.82, 2.24) is 10.6 Å². The maximum atomic E-state index is 12.7. The third kappa shape index (κ3) is 6.92. The van der Waals surface area contributed by atoms with Gasteiger partial charge in [0.2, 0.25) is 0 Å². The van der Waals surface area contributed by atoms with Crippen LogP contribution in [0.4, 0.5) is 11.4 Å². The molecule has 162 valence electrons. The number of rotatable bonds is 5. The zero-order chi connectivity index (χ0) is 21.8. The third-order valence-electron chi connectivity index (χ3n) is 4.88. The Morgan fingerprint density at radius 2 is 2.03 bits per heavy atom. The summed E-state index contributed by atoms with van der Waals surface area (Å²) in [6.45, 7) is 14.5. The van der Waals surface area contributed by atoms with Crippen molar-refractivity contribution in [2.24, 2.45) is 5.41 Å². The van der Waals surface area contributed by atoms with Gasteiger partial charge in [0.05, 0.1) is 5.56 Å². The minimum absolute atomic E-state index is 0.102. The molecule has 1 aliphatic heterocycles. The lowest BCUT2D eigenvalue weighted by Crippen LogP contribution is -2.37. The number of hydrogen-bond donors (Lipinski definition) is 3. The highest BCUT2D eigenvalue weighted by atomic mass is 16.6. The number of benzene rings is 1. The van der Waals surface area contributed by atoms with Crippen molar-refractivity contribution in [1.29, 1.82) is 0 Å². The Labute approximate surface area is 174 Å². The number of anilines is 2. The van der Waals surface area contributed by atoms with Crippen LogP contribution >= 0.6 is 0 Å². The molecule has 1 amide bonds. The van der Waals surface area contributed by atoms with Crippen molar-refractivity contribution < 1.29 is 14.3 Å². The van der Waals surface area contributed by atoms with E-state index in [0.29, 0.717) is 17.3 Å². The number of nitrogens with zero attached hydrogens (tertiary/aromatic N) is 1. The quantitative estimate of drug-likeness (QED) is 0.516. The van der Waals surface area contributed by atoms with Gasteiger partial charge < -0.3 is 26.0 Å². The molecule has 1 aliphatic rings. The topological polar surface area (TPSA) is 96.7 Å². The number of nitrogens with two attached hydrogens (primary N) is 1. The van der Waals surface area contributed by atoms with Crippen molar-refractivity contribution in [2.75, 3.05) is 36.8 Å². The van der Waals surface area contributed by atoms with Gasteiger partial charge in [0, 0.05) is 37.1 Å². The molecule has 1 unspecified atom stereocenters. The summed E-state index contributed by atoms with van der Waals surface area (Å²) in [5.74, 6) is -0.860. The second kappa shape index (κ2) is 9.03. The second-order valence-corrected chi connectivity index (χ2v) is 9.57. The first-order valence-corrected chi connectivity index (χ1v) is 10.3. The van der Waals surface area contributed by atoms with Crippen LogP contribution in [-0.2, 0) is 9.53 Å². The minimum Gasteiger partial charge on any atom is -0.459 e. The summed E-state index contributed by atoms with van der Waals surface area (Å²) in [6, 6.07) is 5.91. The fraction of sp³-hybridized carbons (Fsp3) is 0.636. The zero-order valence-electron chi connectivity index (χ0n) is 18.6. The third-order valence-corrected chi connectivity index (χ3v) is 4.88. The van der Waals surface area contributed by atoms with Crippen LogP contribution in [0.5, 0.6) is 0 Å². The number of hydrogen-bond acceptors (Lipinski definition) is 6. The molecule has 0 aromatic heterocycles. The Kier molecular flexibility index (Phi) is 7.16. The van der Waals surface area contributed by atoms with E-state index in [4.69, 9.17) is 10.5 Å². The molecule has 7 heteroatoms. The van der Waals surface area contributed by atoms with Crippen LogP contribution in [0, 0.1) is 5.41 Å². The fourth-order valence-electron chi connectivity index (χ4n) is 3.42. The number of carbonyl (C=O) groups excluding carboxylic acids is 2. The van der Waals surface area contributed by atoms with E-state index in [-0.39, 0.29) is 17.9 Å². The lowest BCUT2D eigenvalue weighted by Gasteiger charge is -2.31. The zero-order valence-corrected chi connectivity index (χ0v) is 18.6. The number of nitrogens with one attached hydrogen (secondary N) is 2. The first-order chi connectivity index (χ1) is 13.4. The van der Waals surface area contributed by atoms with Crippen molar-refractivity contribution in [2.45, 2.75) is 59.6 Å². The number of carbonyl (C=O) groups is 2. The van der Waals surface area contributed by atoms with Gasteiger partial charge in [-0.25, -0.2) is 0 Å². The fourth-order valence-corrected chi connectivity index (χ4v) is 3.42. The molecule has 0 bridgehead atoms. The molecule has 7 nitrogen and oxygen atoms in total. The van der Waals surface area contributed by atoms with Gasteiger partial charge in [-0.1, -0.05) is 20.8 Å². The van der Waals surface area contributed by atoms with E-state index in [0.717, 1.165) is 31.7 Å². The standard InChI is InChI=1S/C22H36N4O3/c1-7-15-12-26(14-22(5,6)13-25-15)16-8-9-18(23)17(10-16)20(28)24-11-19(27)29-21(2,3)4/h8-10,15,25H,7,11-14,23H2,1-6H3,(H,24,28). The van der Waals surface area contributed by atoms with Crippen LogP contribution in [0.3, 0.4) is 0 Å². The molecule has 1 saturated heterocycles. The Balaban J connectivity index is 2.15. The van der Waals surface area contributed by atoms with Crippen molar-refractivity contribution in [3.05, 3.63) is 23.8 Å². The lowest BCUT2D eigenvalue weighted by atomic mass is 9.93. The first kappa shape index (κ1) is 23.0. The molecular formula is C22H36N4O3. The second-order valence-electron chi connectivity index (χ2n) is 9.57. The molecule has 1 aromatic carbocycles. The highest BCUT2D eigenvalue weighted by molar-refractivity contribution is 6.01. The monoisotopic (exact) mass is 404 g/mol. The average Bonchev–Trinajstić information content (AvgIpc) is 2.76. The lowest BCUT2D eigenvalue weighted by molar-refractivity contribution is -0.153. The number of amides is 1. The molecule has 29 heavy (non-hydrogen) atoms. The van der Waals surface area contributed by atoms with Crippen LogP contribution in [0.25, 0.3) is 0 Å². The molecule has 1 atom stereocenters. The summed E-state index contributed by atoms with van der Waals surface area (Å²) in [7, 11) is 0. The van der Waals surface area contributed by atoms with Gasteiger partial charge in [-0.15, -0.1) is 0 Å². The summed E-state index contributed by atoms with van der Waals surface area (Å²) < 4.78 is 5.23. The first-order valence-electron chi connectivity index (χ1n) is 10.3. The number of nitrogen functional groups attached to an aromatic ring is 1. The predicted molar refractivity (Wildman–Crippen MR) is 117 cm³/mol. The molecule has 0 saturated carbocycles. The van der Waals surface area contributed by atoms with Gasteiger partial charge in [-0.3, -0.25) is 9.59 Å². The molecular weight excluding hydrogens is 368 g/mol. The Morgan fingerprint density at radius 1 is 1.34 bits per heavy atom. The van der Waals surface area contributed by atoms with Crippen LogP contribution < -0.4 is 21.3 Å². The molecule has 0 radical (unpaired) electrons. The van der Waals surface area contributed by atoms with Crippen molar-refractivity contribution >= 4 is 23.3 Å². The molecule has 1 heterocycles. The minimum atomic E-state index is -0.593. The van der Waals surface area contributed by atoms with Gasteiger partial charge in [0.15, 0.2) is 0 Å². The van der Waals surface area contributed by atoms with E-state index < -0.39 is 11.6 Å². The van der Waals surface area contributed by atoms with Crippen LogP contribution in [0.15, 0.2) is 18.2 Å². The van der Waals surface area contributed by atoms with Crippen LogP contribution in [-0.4, -0.2) is 49.7 Å². The predicted octanol–water partition coefficient (Wildman–Crippen LogP) is 2.55. The Hall–Kier alpha value is -2.28. The summed E-state index contributed by atoms with van der Waals surface area (Å²) in [4.78, 5) is 26.8. The van der Waals surface area contributed by atoms with Gasteiger partial charge in [0.1, 0.15) is 12.1 Å². The van der Waals surface area contributed by atoms with Crippen molar-refractivity contribution in [3.8, 4) is 0 Å². The normalized spacial score (nSPS) is 19.4. The summed E-state index contributed by atoms with van der Waals surface area (Å²) in [5.41, 5.74) is 7.28. The van der Waals surface area contributed by atoms with Crippen LogP contribution in [0.2, 0.25) is 0 Å². The Morgan fingerprint density at radius 3 is 2.66 bits per heavy atom. The molecule has 2 rings (SSSR count). The highest BCUT2D eigenvalue weighted by Gasteiger charge is 2.29. The van der Waals surface area contributed by atoms with E-state index in [1.165, 1.54) is 0 Å². The molecule has 4 N–H and O–H groups in total. The molecule has 0 aliphatic carbocycles. The van der Waals surface area contributed by atoms with E-state index in [1.54, 1.807) is 26.8 Å². The summed E-state index contributed by atoms with van der Waals surface area (Å²) in [6.07, 6.45) is 1.03. The van der Waals surface area contributed by atoms with Crippen LogP contribution in [0.1, 0.15) is 58.3 Å². The van der Waals surface area contributed by atoms with E-state index in [9.17, 15) is 9.59 Å². The smallest absolute Gasteiger partial charge is 0.325 e. The summed E-state index contributed by atoms with van der Waals surface area (Å²) >= 11 is 0. The maximum absolute atomic E-state index is 12.7. The van der Waals surface area contributed by atoms with Gasteiger partial charge in [-0.05, 0) is 50.8 Å².